The number of alkyl halides is 1. The highest BCUT2D eigenvalue weighted by molar-refractivity contribution is 5.87. The van der Waals surface area contributed by atoms with Gasteiger partial charge in [-0.25, -0.2) is 14.2 Å². The second-order valence-corrected chi connectivity index (χ2v) is 3.73. The van der Waals surface area contributed by atoms with Crippen LogP contribution in [-0.4, -0.2) is 44.0 Å². The third kappa shape index (κ3) is 2.52. The summed E-state index contributed by atoms with van der Waals surface area (Å²) in [5, 5.41) is 2.96. The number of hydrogen-bond acceptors (Lipinski definition) is 5. The predicted octanol–water partition coefficient (Wildman–Crippen LogP) is 0.573. The van der Waals surface area contributed by atoms with Crippen LogP contribution in [0.4, 0.5) is 10.1 Å². The number of methoxy groups -OCH3 is 1. The van der Waals surface area contributed by atoms with Gasteiger partial charge in [0.2, 0.25) is 0 Å². The second-order valence-electron chi connectivity index (χ2n) is 3.73. The molecule has 92 valence electrons. The number of hydrogen-bond donors (Lipinski definition) is 1. The Morgan fingerprint density at radius 2 is 2.47 bits per heavy atom. The predicted molar refractivity (Wildman–Crippen MR) is 60.7 cm³/mol. The van der Waals surface area contributed by atoms with Crippen molar-refractivity contribution in [3.63, 3.8) is 0 Å². The number of ether oxygens (including phenoxy) is 1. The maximum Gasteiger partial charge on any atom is 0.356 e. The summed E-state index contributed by atoms with van der Waals surface area (Å²) in [4.78, 5) is 16.8. The van der Waals surface area contributed by atoms with Gasteiger partial charge in [0, 0.05) is 19.6 Å². The van der Waals surface area contributed by atoms with Gasteiger partial charge in [0.15, 0.2) is 6.30 Å². The average molecular weight is 239 g/mol. The van der Waals surface area contributed by atoms with E-state index in [4.69, 9.17) is 0 Å². The summed E-state index contributed by atoms with van der Waals surface area (Å²) in [6.07, 6.45) is 0.430. The molecule has 0 saturated carbocycles. The van der Waals surface area contributed by atoms with E-state index in [9.17, 15) is 9.18 Å². The lowest BCUT2D eigenvalue weighted by Crippen LogP contribution is -2.49. The molecule has 0 spiro atoms. The van der Waals surface area contributed by atoms with Crippen molar-refractivity contribution in [3.05, 3.63) is 24.0 Å². The fourth-order valence-corrected chi connectivity index (χ4v) is 1.74. The number of carbonyl (C=O) groups is 1. The van der Waals surface area contributed by atoms with Crippen LogP contribution < -0.4 is 10.2 Å². The molecule has 0 aromatic carbocycles. The summed E-state index contributed by atoms with van der Waals surface area (Å²) in [5.74, 6) is -0.492. The summed E-state index contributed by atoms with van der Waals surface area (Å²) in [6, 6.07) is 3.22. The van der Waals surface area contributed by atoms with Crippen LogP contribution in [0.1, 0.15) is 10.5 Å². The third-order valence-electron chi connectivity index (χ3n) is 2.65. The Morgan fingerprint density at radius 1 is 1.65 bits per heavy atom. The molecule has 1 fully saturated rings. The minimum Gasteiger partial charge on any atom is -0.464 e. The minimum atomic E-state index is -1.06. The standard InChI is InChI=1S/C11H14FN3O2/c1-17-11(16)9-3-2-8(6-14-9)15-5-4-13-7-10(15)12/h2-3,6,10,13H,4-5,7H2,1H3. The highest BCUT2D eigenvalue weighted by Gasteiger charge is 2.22. The van der Waals surface area contributed by atoms with Gasteiger partial charge < -0.3 is 15.0 Å². The van der Waals surface area contributed by atoms with Gasteiger partial charge in [-0.3, -0.25) is 0 Å². The third-order valence-corrected chi connectivity index (χ3v) is 2.65. The van der Waals surface area contributed by atoms with Crippen molar-refractivity contribution < 1.29 is 13.9 Å². The maximum absolute atomic E-state index is 13.6. The zero-order chi connectivity index (χ0) is 12.3. The molecule has 1 aromatic heterocycles. The van der Waals surface area contributed by atoms with Crippen LogP contribution in [0, 0.1) is 0 Å². The summed E-state index contributed by atoms with van der Waals surface area (Å²) in [6.45, 7) is 1.62. The number of pyridine rings is 1. The van der Waals surface area contributed by atoms with E-state index in [1.54, 1.807) is 11.0 Å². The summed E-state index contributed by atoms with van der Waals surface area (Å²) >= 11 is 0. The van der Waals surface area contributed by atoms with E-state index in [-0.39, 0.29) is 5.69 Å². The van der Waals surface area contributed by atoms with Crippen molar-refractivity contribution in [1.82, 2.24) is 10.3 Å². The second kappa shape index (κ2) is 5.09. The molecule has 0 radical (unpaired) electrons. The maximum atomic E-state index is 13.6. The topological polar surface area (TPSA) is 54.5 Å². The lowest BCUT2D eigenvalue weighted by atomic mass is 10.2. The molecule has 1 aromatic rings. The first-order valence-corrected chi connectivity index (χ1v) is 5.38. The molecular weight excluding hydrogens is 225 g/mol. The number of aromatic nitrogens is 1. The lowest BCUT2D eigenvalue weighted by Gasteiger charge is -2.32. The summed E-state index contributed by atoms with van der Waals surface area (Å²) < 4.78 is 18.1. The molecule has 0 amide bonds. The first kappa shape index (κ1) is 11.8. The average Bonchev–Trinajstić information content (AvgIpc) is 2.39. The van der Waals surface area contributed by atoms with Crippen molar-refractivity contribution >= 4 is 11.7 Å². The molecule has 1 atom stereocenters. The number of anilines is 1. The Balaban J connectivity index is 2.14. The Hall–Kier alpha value is -1.69. The molecule has 17 heavy (non-hydrogen) atoms. The SMILES string of the molecule is COC(=O)c1ccc(N2CCNCC2F)cn1. The Morgan fingerprint density at radius 3 is 3.06 bits per heavy atom. The molecule has 2 heterocycles. The molecule has 1 unspecified atom stereocenters. The van der Waals surface area contributed by atoms with Gasteiger partial charge in [0.25, 0.3) is 0 Å². The number of nitrogens with zero attached hydrogens (tertiary/aromatic N) is 2. The molecule has 1 aliphatic rings. The van der Waals surface area contributed by atoms with Crippen molar-refractivity contribution in [2.75, 3.05) is 31.6 Å². The Labute approximate surface area is 98.6 Å². The first-order chi connectivity index (χ1) is 8.22. The molecule has 1 N–H and O–H groups in total. The number of carbonyl (C=O) groups excluding carboxylic acids is 1. The van der Waals surface area contributed by atoms with E-state index >= 15 is 0 Å². The quantitative estimate of drug-likeness (QED) is 0.604. The molecule has 0 aliphatic carbocycles. The largest absolute Gasteiger partial charge is 0.464 e. The van der Waals surface area contributed by atoms with Crippen LogP contribution in [0.2, 0.25) is 0 Å². The zero-order valence-electron chi connectivity index (χ0n) is 9.52. The van der Waals surface area contributed by atoms with E-state index in [2.05, 4.69) is 15.0 Å². The number of piperazine rings is 1. The van der Waals surface area contributed by atoms with E-state index in [1.165, 1.54) is 19.4 Å². The van der Waals surface area contributed by atoms with Crippen molar-refractivity contribution in [1.29, 1.82) is 0 Å². The van der Waals surface area contributed by atoms with E-state index in [0.717, 1.165) is 6.54 Å². The Bertz CT molecular complexity index is 396. The molecule has 5 nitrogen and oxygen atoms in total. The fourth-order valence-electron chi connectivity index (χ4n) is 1.74. The molecular formula is C11H14FN3O2. The van der Waals surface area contributed by atoms with Gasteiger partial charge >= 0.3 is 5.97 Å². The minimum absolute atomic E-state index is 0.224. The van der Waals surface area contributed by atoms with Crippen LogP contribution in [0.3, 0.4) is 0 Å². The van der Waals surface area contributed by atoms with Gasteiger partial charge in [-0.1, -0.05) is 0 Å². The lowest BCUT2D eigenvalue weighted by molar-refractivity contribution is 0.0594. The monoisotopic (exact) mass is 239 g/mol. The van der Waals surface area contributed by atoms with E-state index in [0.29, 0.717) is 18.8 Å². The normalized spacial score (nSPS) is 20.1. The van der Waals surface area contributed by atoms with Crippen LogP contribution in [-0.2, 0) is 4.74 Å². The van der Waals surface area contributed by atoms with Gasteiger partial charge in [-0.2, -0.15) is 0 Å². The number of esters is 1. The van der Waals surface area contributed by atoms with Gasteiger partial charge in [-0.15, -0.1) is 0 Å². The van der Waals surface area contributed by atoms with Gasteiger partial charge in [0.1, 0.15) is 5.69 Å². The first-order valence-electron chi connectivity index (χ1n) is 5.38. The fraction of sp³-hybridized carbons (Fsp3) is 0.455. The van der Waals surface area contributed by atoms with Crippen molar-refractivity contribution in [2.45, 2.75) is 6.30 Å². The van der Waals surface area contributed by atoms with Crippen LogP contribution >= 0.6 is 0 Å². The molecule has 2 rings (SSSR count). The number of rotatable bonds is 2. The zero-order valence-corrected chi connectivity index (χ0v) is 9.52. The highest BCUT2D eigenvalue weighted by Crippen LogP contribution is 2.18. The smallest absolute Gasteiger partial charge is 0.356 e. The van der Waals surface area contributed by atoms with Crippen LogP contribution in [0.25, 0.3) is 0 Å². The van der Waals surface area contributed by atoms with Crippen LogP contribution in [0.5, 0.6) is 0 Å². The van der Waals surface area contributed by atoms with Crippen LogP contribution in [0.15, 0.2) is 18.3 Å². The van der Waals surface area contributed by atoms with Gasteiger partial charge in [0.05, 0.1) is 19.0 Å². The summed E-state index contributed by atoms with van der Waals surface area (Å²) in [5.41, 5.74) is 0.897. The summed E-state index contributed by atoms with van der Waals surface area (Å²) in [7, 11) is 1.30. The molecule has 6 heteroatoms. The van der Waals surface area contributed by atoms with E-state index < -0.39 is 12.3 Å². The number of halogens is 1. The molecule has 1 aliphatic heterocycles. The van der Waals surface area contributed by atoms with E-state index in [1.807, 2.05) is 0 Å². The van der Waals surface area contributed by atoms with Crippen molar-refractivity contribution in [2.24, 2.45) is 0 Å². The Kier molecular flexibility index (Phi) is 3.53. The highest BCUT2D eigenvalue weighted by atomic mass is 19.1. The molecule has 1 saturated heterocycles. The van der Waals surface area contributed by atoms with Gasteiger partial charge in [-0.05, 0) is 12.1 Å². The number of nitrogens with one attached hydrogen (secondary N) is 1. The molecule has 0 bridgehead atoms. The van der Waals surface area contributed by atoms with Crippen molar-refractivity contribution in [3.8, 4) is 0 Å².